The van der Waals surface area contributed by atoms with E-state index >= 15 is 0 Å². The normalized spacial score (nSPS) is 17.0. The Kier molecular flexibility index (Phi) is 4.63. The van der Waals surface area contributed by atoms with Gasteiger partial charge in [-0.2, -0.15) is 0 Å². The fourth-order valence-corrected chi connectivity index (χ4v) is 2.91. The maximum absolute atomic E-state index is 13.7. The Morgan fingerprint density at radius 1 is 1.48 bits per heavy atom. The second-order valence-electron chi connectivity index (χ2n) is 6.25. The molecule has 3 rings (SSSR count). The molecule has 2 heterocycles. The van der Waals surface area contributed by atoms with Crippen LogP contribution in [0, 0.1) is 5.82 Å². The number of nitrogens with two attached hydrogens (primary N) is 1. The molecule has 1 saturated heterocycles. The van der Waals surface area contributed by atoms with E-state index in [-0.39, 0.29) is 23.5 Å². The van der Waals surface area contributed by atoms with Crippen LogP contribution in [-0.2, 0) is 0 Å². The molecule has 2 aromatic rings. The average molecular weight is 348 g/mol. The SMILES string of the molecule is COc1cc(-c2onc(N(C)C)c2C(=O)N2CC[C@H](N)C2)ccc1F. The van der Waals surface area contributed by atoms with E-state index in [1.807, 2.05) is 0 Å². The lowest BCUT2D eigenvalue weighted by molar-refractivity contribution is 0.0791. The number of benzene rings is 1. The lowest BCUT2D eigenvalue weighted by atomic mass is 10.1. The second kappa shape index (κ2) is 6.72. The van der Waals surface area contributed by atoms with Crippen LogP contribution >= 0.6 is 0 Å². The van der Waals surface area contributed by atoms with E-state index in [0.29, 0.717) is 30.0 Å². The Balaban J connectivity index is 2.07. The van der Waals surface area contributed by atoms with Gasteiger partial charge in [0.05, 0.1) is 7.11 Å². The molecule has 1 amide bonds. The first-order valence-electron chi connectivity index (χ1n) is 7.98. The molecule has 25 heavy (non-hydrogen) atoms. The van der Waals surface area contributed by atoms with E-state index in [1.54, 1.807) is 23.9 Å². The van der Waals surface area contributed by atoms with Crippen molar-refractivity contribution in [3.63, 3.8) is 0 Å². The summed E-state index contributed by atoms with van der Waals surface area (Å²) in [5.41, 5.74) is 6.78. The highest BCUT2D eigenvalue weighted by Crippen LogP contribution is 2.34. The number of hydrogen-bond acceptors (Lipinski definition) is 6. The van der Waals surface area contributed by atoms with E-state index in [2.05, 4.69) is 5.16 Å². The predicted molar refractivity (Wildman–Crippen MR) is 91.3 cm³/mol. The van der Waals surface area contributed by atoms with E-state index in [4.69, 9.17) is 15.0 Å². The minimum absolute atomic E-state index is 0.0269. The summed E-state index contributed by atoms with van der Waals surface area (Å²) in [6.45, 7) is 1.08. The number of carbonyl (C=O) groups excluding carboxylic acids is 1. The number of halogens is 1. The van der Waals surface area contributed by atoms with Crippen LogP contribution in [0.5, 0.6) is 5.75 Å². The van der Waals surface area contributed by atoms with Crippen molar-refractivity contribution in [2.24, 2.45) is 5.73 Å². The molecule has 0 saturated carbocycles. The summed E-state index contributed by atoms with van der Waals surface area (Å²) in [5.74, 6) is 0.0892. The highest BCUT2D eigenvalue weighted by Gasteiger charge is 2.32. The summed E-state index contributed by atoms with van der Waals surface area (Å²) >= 11 is 0. The highest BCUT2D eigenvalue weighted by molar-refractivity contribution is 6.04. The Morgan fingerprint density at radius 2 is 2.24 bits per heavy atom. The van der Waals surface area contributed by atoms with Gasteiger partial charge in [-0.15, -0.1) is 0 Å². The summed E-state index contributed by atoms with van der Waals surface area (Å²) in [7, 11) is 4.93. The van der Waals surface area contributed by atoms with Gasteiger partial charge >= 0.3 is 0 Å². The number of nitrogens with zero attached hydrogens (tertiary/aromatic N) is 3. The summed E-state index contributed by atoms with van der Waals surface area (Å²) in [5, 5.41) is 4.02. The molecule has 2 N–H and O–H groups in total. The third kappa shape index (κ3) is 3.17. The Hall–Kier alpha value is -2.61. The number of hydrogen-bond donors (Lipinski definition) is 1. The molecule has 0 radical (unpaired) electrons. The molecule has 1 aliphatic heterocycles. The van der Waals surface area contributed by atoms with Crippen LogP contribution in [0.15, 0.2) is 22.7 Å². The van der Waals surface area contributed by atoms with Crippen molar-refractivity contribution in [2.75, 3.05) is 39.2 Å². The van der Waals surface area contributed by atoms with Crippen molar-refractivity contribution >= 4 is 11.7 Å². The number of anilines is 1. The smallest absolute Gasteiger partial charge is 0.261 e. The van der Waals surface area contributed by atoms with Gasteiger partial charge in [0.25, 0.3) is 5.91 Å². The number of rotatable bonds is 4. The van der Waals surface area contributed by atoms with Gasteiger partial charge in [0.2, 0.25) is 0 Å². The molecule has 1 atom stereocenters. The molecule has 8 heteroatoms. The van der Waals surface area contributed by atoms with Crippen molar-refractivity contribution in [3.05, 3.63) is 29.6 Å². The number of amides is 1. The molecule has 0 bridgehead atoms. The predicted octanol–water partition coefficient (Wildman–Crippen LogP) is 1.73. The summed E-state index contributed by atoms with van der Waals surface area (Å²) < 4.78 is 24.2. The first-order valence-corrected chi connectivity index (χ1v) is 7.98. The van der Waals surface area contributed by atoms with Gasteiger partial charge in [-0.25, -0.2) is 4.39 Å². The summed E-state index contributed by atoms with van der Waals surface area (Å²) in [6, 6.07) is 4.26. The van der Waals surface area contributed by atoms with Crippen LogP contribution < -0.4 is 15.4 Å². The molecule has 0 unspecified atom stereocenters. The molecule has 134 valence electrons. The largest absolute Gasteiger partial charge is 0.494 e. The first-order chi connectivity index (χ1) is 11.9. The van der Waals surface area contributed by atoms with Gasteiger partial charge in [0.1, 0.15) is 5.56 Å². The van der Waals surface area contributed by atoms with E-state index in [9.17, 15) is 9.18 Å². The fraction of sp³-hybridized carbons (Fsp3) is 0.412. The monoisotopic (exact) mass is 348 g/mol. The van der Waals surface area contributed by atoms with Gasteiger partial charge < -0.3 is 24.8 Å². The number of carbonyl (C=O) groups is 1. The Labute approximate surface area is 145 Å². The van der Waals surface area contributed by atoms with Gasteiger partial charge in [0.15, 0.2) is 23.1 Å². The molecule has 1 aliphatic rings. The van der Waals surface area contributed by atoms with Crippen molar-refractivity contribution < 1.29 is 18.4 Å². The minimum atomic E-state index is -0.489. The standard InChI is InChI=1S/C17H21FN4O3/c1-21(2)16-14(17(23)22-7-6-11(19)9-22)15(25-20-16)10-4-5-12(18)13(8-10)24-3/h4-5,8,11H,6-7,9,19H2,1-3H3/t11-/m0/s1. The van der Waals surface area contributed by atoms with Gasteiger partial charge in [-0.05, 0) is 24.6 Å². The molecular weight excluding hydrogens is 327 g/mol. The molecule has 1 aromatic heterocycles. The number of aromatic nitrogens is 1. The third-order valence-corrected chi connectivity index (χ3v) is 4.24. The molecule has 0 aliphatic carbocycles. The average Bonchev–Trinajstić information content (AvgIpc) is 3.21. The van der Waals surface area contributed by atoms with Crippen molar-refractivity contribution in [2.45, 2.75) is 12.5 Å². The third-order valence-electron chi connectivity index (χ3n) is 4.24. The van der Waals surface area contributed by atoms with Crippen LogP contribution in [-0.4, -0.2) is 56.3 Å². The van der Waals surface area contributed by atoms with Crippen molar-refractivity contribution in [3.8, 4) is 17.1 Å². The summed E-state index contributed by atoms with van der Waals surface area (Å²) in [6.07, 6.45) is 0.758. The number of ether oxygens (including phenoxy) is 1. The zero-order valence-corrected chi connectivity index (χ0v) is 14.5. The minimum Gasteiger partial charge on any atom is -0.494 e. The molecule has 1 fully saturated rings. The topological polar surface area (TPSA) is 84.8 Å². The number of likely N-dealkylation sites (tertiary alicyclic amines) is 1. The molecule has 7 nitrogen and oxygen atoms in total. The second-order valence-corrected chi connectivity index (χ2v) is 6.25. The number of methoxy groups -OCH3 is 1. The lowest BCUT2D eigenvalue weighted by Gasteiger charge is -2.18. The van der Waals surface area contributed by atoms with Gasteiger partial charge in [-0.1, -0.05) is 5.16 Å². The maximum Gasteiger partial charge on any atom is 0.261 e. The lowest BCUT2D eigenvalue weighted by Crippen LogP contribution is -2.32. The van der Waals surface area contributed by atoms with Crippen LogP contribution in [0.2, 0.25) is 0 Å². The zero-order valence-electron chi connectivity index (χ0n) is 14.5. The van der Waals surface area contributed by atoms with Gasteiger partial charge in [0, 0.05) is 38.8 Å². The van der Waals surface area contributed by atoms with E-state index < -0.39 is 5.82 Å². The Morgan fingerprint density at radius 3 is 2.84 bits per heavy atom. The fourth-order valence-electron chi connectivity index (χ4n) is 2.91. The van der Waals surface area contributed by atoms with Crippen molar-refractivity contribution in [1.29, 1.82) is 0 Å². The van der Waals surface area contributed by atoms with Crippen LogP contribution in [0.25, 0.3) is 11.3 Å². The first kappa shape index (κ1) is 17.2. The van der Waals surface area contributed by atoms with Crippen LogP contribution in [0.4, 0.5) is 10.2 Å². The van der Waals surface area contributed by atoms with Crippen molar-refractivity contribution in [1.82, 2.24) is 10.1 Å². The summed E-state index contributed by atoms with van der Waals surface area (Å²) in [4.78, 5) is 16.4. The molecule has 1 aromatic carbocycles. The van der Waals surface area contributed by atoms with Crippen LogP contribution in [0.1, 0.15) is 16.8 Å². The zero-order chi connectivity index (χ0) is 18.1. The van der Waals surface area contributed by atoms with E-state index in [0.717, 1.165) is 6.42 Å². The van der Waals surface area contributed by atoms with Gasteiger partial charge in [-0.3, -0.25) is 4.79 Å². The molecule has 0 spiro atoms. The maximum atomic E-state index is 13.7. The van der Waals surface area contributed by atoms with E-state index in [1.165, 1.54) is 25.3 Å². The van der Waals surface area contributed by atoms with Crippen LogP contribution in [0.3, 0.4) is 0 Å². The molecular formula is C17H21FN4O3. The quantitative estimate of drug-likeness (QED) is 0.906. The highest BCUT2D eigenvalue weighted by atomic mass is 19.1. The Bertz CT molecular complexity index is 790.